The van der Waals surface area contributed by atoms with Crippen molar-refractivity contribution in [3.63, 3.8) is 0 Å². The lowest BCUT2D eigenvalue weighted by Crippen LogP contribution is -2.03. The van der Waals surface area contributed by atoms with Crippen molar-refractivity contribution in [2.24, 2.45) is 0 Å². The van der Waals surface area contributed by atoms with E-state index in [1.54, 1.807) is 0 Å². The van der Waals surface area contributed by atoms with Gasteiger partial charge in [-0.1, -0.05) is 12.2 Å². The van der Waals surface area contributed by atoms with Crippen LogP contribution < -0.4 is 11.0 Å². The standard InChI is InChI=1S/C10H14NP/c1-6(2)8-4-9(11)7(3)10(12)5-8/h4-5H,1,11-12H2,2-3H3. The molecule has 0 heterocycles. The van der Waals surface area contributed by atoms with Crippen molar-refractivity contribution in [2.45, 2.75) is 13.8 Å². The molecule has 0 aliphatic carbocycles. The van der Waals surface area contributed by atoms with Crippen molar-refractivity contribution in [2.75, 3.05) is 5.73 Å². The molecule has 1 atom stereocenters. The lowest BCUT2D eigenvalue weighted by molar-refractivity contribution is 1.49. The quantitative estimate of drug-likeness (QED) is 0.518. The van der Waals surface area contributed by atoms with Gasteiger partial charge in [0, 0.05) is 5.69 Å². The molecule has 0 aliphatic rings. The zero-order valence-corrected chi connectivity index (χ0v) is 8.67. The van der Waals surface area contributed by atoms with E-state index < -0.39 is 0 Å². The summed E-state index contributed by atoms with van der Waals surface area (Å²) in [6, 6.07) is 4.05. The maximum absolute atomic E-state index is 5.80. The lowest BCUT2D eigenvalue weighted by atomic mass is 10.1. The van der Waals surface area contributed by atoms with Crippen molar-refractivity contribution >= 4 is 25.8 Å². The fourth-order valence-corrected chi connectivity index (χ4v) is 1.35. The van der Waals surface area contributed by atoms with E-state index in [9.17, 15) is 0 Å². The molecule has 1 nitrogen and oxygen atoms in total. The molecule has 0 aliphatic heterocycles. The van der Waals surface area contributed by atoms with Crippen molar-refractivity contribution in [3.8, 4) is 0 Å². The summed E-state index contributed by atoms with van der Waals surface area (Å²) in [7, 11) is 2.68. The first-order valence-electron chi connectivity index (χ1n) is 3.84. The number of anilines is 1. The number of benzene rings is 1. The highest BCUT2D eigenvalue weighted by atomic mass is 31.0. The molecule has 0 spiro atoms. The Morgan fingerprint density at radius 2 is 2.08 bits per heavy atom. The molecular weight excluding hydrogens is 165 g/mol. The predicted molar refractivity (Wildman–Crippen MR) is 59.6 cm³/mol. The van der Waals surface area contributed by atoms with Crippen LogP contribution in [0.2, 0.25) is 0 Å². The number of nitrogen functional groups attached to an aromatic ring is 1. The second-order valence-corrected chi connectivity index (χ2v) is 3.68. The molecule has 0 amide bonds. The Labute approximate surface area is 75.9 Å². The van der Waals surface area contributed by atoms with E-state index in [-0.39, 0.29) is 0 Å². The summed E-state index contributed by atoms with van der Waals surface area (Å²) in [5.74, 6) is 0. The van der Waals surface area contributed by atoms with Crippen molar-refractivity contribution in [3.05, 3.63) is 29.8 Å². The molecular formula is C10H14NP. The Balaban J connectivity index is 3.31. The first-order valence-corrected chi connectivity index (χ1v) is 4.41. The molecule has 1 aromatic rings. The first kappa shape index (κ1) is 9.28. The third-order valence-electron chi connectivity index (χ3n) is 1.98. The van der Waals surface area contributed by atoms with Crippen LogP contribution in [0.15, 0.2) is 18.7 Å². The summed E-state index contributed by atoms with van der Waals surface area (Å²) in [6.45, 7) is 7.87. The predicted octanol–water partition coefficient (Wildman–Crippen LogP) is 2.11. The van der Waals surface area contributed by atoms with Gasteiger partial charge < -0.3 is 5.73 Å². The van der Waals surface area contributed by atoms with Crippen LogP contribution in [0, 0.1) is 6.92 Å². The number of hydrogen-bond donors (Lipinski definition) is 1. The average Bonchev–Trinajstić information content (AvgIpc) is 1.99. The van der Waals surface area contributed by atoms with Gasteiger partial charge in [0.1, 0.15) is 0 Å². The van der Waals surface area contributed by atoms with E-state index in [1.165, 1.54) is 0 Å². The molecule has 0 aromatic heterocycles. The van der Waals surface area contributed by atoms with Gasteiger partial charge in [-0.15, -0.1) is 9.24 Å². The topological polar surface area (TPSA) is 26.0 Å². The molecule has 1 unspecified atom stereocenters. The average molecular weight is 179 g/mol. The van der Waals surface area contributed by atoms with Crippen LogP contribution in [-0.4, -0.2) is 0 Å². The second kappa shape index (κ2) is 3.28. The summed E-state index contributed by atoms with van der Waals surface area (Å²) in [4.78, 5) is 0. The van der Waals surface area contributed by atoms with Crippen molar-refractivity contribution < 1.29 is 0 Å². The van der Waals surface area contributed by atoms with Crippen LogP contribution in [0.1, 0.15) is 18.1 Å². The molecule has 12 heavy (non-hydrogen) atoms. The minimum absolute atomic E-state index is 0.834. The fourth-order valence-electron chi connectivity index (χ4n) is 1.01. The molecule has 64 valence electrons. The maximum atomic E-state index is 5.80. The van der Waals surface area contributed by atoms with Gasteiger partial charge in [0.15, 0.2) is 0 Å². The largest absolute Gasteiger partial charge is 0.398 e. The van der Waals surface area contributed by atoms with Crippen LogP contribution in [0.25, 0.3) is 5.57 Å². The van der Waals surface area contributed by atoms with Gasteiger partial charge in [-0.2, -0.15) is 0 Å². The highest BCUT2D eigenvalue weighted by molar-refractivity contribution is 7.27. The van der Waals surface area contributed by atoms with Crippen LogP contribution in [0.4, 0.5) is 5.69 Å². The van der Waals surface area contributed by atoms with Crippen LogP contribution >= 0.6 is 9.24 Å². The summed E-state index contributed by atoms with van der Waals surface area (Å²) in [5.41, 5.74) is 9.93. The summed E-state index contributed by atoms with van der Waals surface area (Å²) in [5, 5.41) is 1.15. The Hall–Kier alpha value is -0.810. The number of rotatable bonds is 1. The Bertz CT molecular complexity index is 306. The highest BCUT2D eigenvalue weighted by Gasteiger charge is 2.01. The van der Waals surface area contributed by atoms with Crippen LogP contribution in [0.3, 0.4) is 0 Å². The molecule has 1 aromatic carbocycles. The third kappa shape index (κ3) is 1.67. The summed E-state index contributed by atoms with van der Waals surface area (Å²) >= 11 is 0. The van der Waals surface area contributed by atoms with Gasteiger partial charge in [-0.25, -0.2) is 0 Å². The summed E-state index contributed by atoms with van der Waals surface area (Å²) < 4.78 is 0. The van der Waals surface area contributed by atoms with E-state index in [4.69, 9.17) is 5.73 Å². The van der Waals surface area contributed by atoms with E-state index in [0.29, 0.717) is 0 Å². The van der Waals surface area contributed by atoms with Crippen molar-refractivity contribution in [1.82, 2.24) is 0 Å². The SMILES string of the molecule is C=C(C)c1cc(N)c(C)c(P)c1. The zero-order valence-electron chi connectivity index (χ0n) is 7.52. The highest BCUT2D eigenvalue weighted by Crippen LogP contribution is 2.18. The molecule has 1 rings (SSSR count). The van der Waals surface area contributed by atoms with Gasteiger partial charge in [0.25, 0.3) is 0 Å². The van der Waals surface area contributed by atoms with Crippen LogP contribution in [-0.2, 0) is 0 Å². The molecule has 0 saturated carbocycles. The Kier molecular flexibility index (Phi) is 2.54. The molecule has 0 fully saturated rings. The Morgan fingerprint density at radius 3 is 2.50 bits per heavy atom. The van der Waals surface area contributed by atoms with Gasteiger partial charge >= 0.3 is 0 Å². The number of hydrogen-bond acceptors (Lipinski definition) is 1. The smallest absolute Gasteiger partial charge is 0.0356 e. The normalized spacial score (nSPS) is 9.92. The zero-order chi connectivity index (χ0) is 9.30. The molecule has 0 radical (unpaired) electrons. The first-order chi connectivity index (χ1) is 5.52. The summed E-state index contributed by atoms with van der Waals surface area (Å²) in [6.07, 6.45) is 0. The van der Waals surface area contributed by atoms with Gasteiger partial charge in [0.05, 0.1) is 0 Å². The van der Waals surface area contributed by atoms with E-state index >= 15 is 0 Å². The van der Waals surface area contributed by atoms with E-state index in [2.05, 4.69) is 21.9 Å². The van der Waals surface area contributed by atoms with Gasteiger partial charge in [-0.3, -0.25) is 0 Å². The van der Waals surface area contributed by atoms with Crippen molar-refractivity contribution in [1.29, 1.82) is 0 Å². The second-order valence-electron chi connectivity index (χ2n) is 3.06. The van der Waals surface area contributed by atoms with Gasteiger partial charge in [0.2, 0.25) is 0 Å². The van der Waals surface area contributed by atoms with E-state index in [0.717, 1.165) is 27.7 Å². The molecule has 0 bridgehead atoms. The number of allylic oxidation sites excluding steroid dienone is 1. The lowest BCUT2D eigenvalue weighted by Gasteiger charge is -2.07. The minimum Gasteiger partial charge on any atom is -0.398 e. The number of nitrogens with two attached hydrogens (primary N) is 1. The minimum atomic E-state index is 0.834. The monoisotopic (exact) mass is 179 g/mol. The molecule has 0 saturated heterocycles. The van der Waals surface area contributed by atoms with Gasteiger partial charge in [-0.05, 0) is 42.4 Å². The molecule has 2 N–H and O–H groups in total. The maximum Gasteiger partial charge on any atom is 0.0356 e. The van der Waals surface area contributed by atoms with Crippen LogP contribution in [0.5, 0.6) is 0 Å². The molecule has 2 heteroatoms. The Morgan fingerprint density at radius 1 is 1.50 bits per heavy atom. The van der Waals surface area contributed by atoms with E-state index in [1.807, 2.05) is 19.9 Å². The fraction of sp³-hybridized carbons (Fsp3) is 0.200. The third-order valence-corrected chi connectivity index (χ3v) is 2.58.